The minimum atomic E-state index is -4.69. The molecule has 8 rings (SSSR count). The number of halogens is 3. The summed E-state index contributed by atoms with van der Waals surface area (Å²) < 4.78 is 43.7. The van der Waals surface area contributed by atoms with Crippen molar-refractivity contribution in [2.75, 3.05) is 36.8 Å². The van der Waals surface area contributed by atoms with E-state index in [0.29, 0.717) is 46.5 Å². The van der Waals surface area contributed by atoms with Crippen LogP contribution in [-0.2, 0) is 28.4 Å². The third-order valence-electron chi connectivity index (χ3n) is 12.3. The number of carbonyl (C=O) groups excluding carboxylic acids is 3. The van der Waals surface area contributed by atoms with Crippen molar-refractivity contribution in [2.24, 2.45) is 18.9 Å². The number of pyridine rings is 1. The minimum Gasteiger partial charge on any atom is -0.386 e. The Labute approximate surface area is 348 Å². The van der Waals surface area contributed by atoms with E-state index in [0.717, 1.165) is 97.7 Å². The van der Waals surface area contributed by atoms with E-state index in [2.05, 4.69) is 25.8 Å². The van der Waals surface area contributed by atoms with Crippen LogP contribution < -0.4 is 21.6 Å². The first-order valence-electron chi connectivity index (χ1n) is 20.6. The van der Waals surface area contributed by atoms with Crippen molar-refractivity contribution in [3.05, 3.63) is 81.0 Å². The van der Waals surface area contributed by atoms with Gasteiger partial charge in [-0.25, -0.2) is 14.8 Å². The van der Waals surface area contributed by atoms with Crippen LogP contribution in [0.3, 0.4) is 0 Å². The summed E-state index contributed by atoms with van der Waals surface area (Å²) in [6.45, 7) is 7.03. The maximum atomic E-state index is 13.3. The maximum absolute atomic E-state index is 13.3. The summed E-state index contributed by atoms with van der Waals surface area (Å²) >= 11 is 1.55. The predicted molar refractivity (Wildman–Crippen MR) is 223 cm³/mol. The van der Waals surface area contributed by atoms with E-state index < -0.39 is 35.3 Å². The summed E-state index contributed by atoms with van der Waals surface area (Å²) in [5.41, 5.74) is 0.476. The second-order valence-electron chi connectivity index (χ2n) is 17.0. The Morgan fingerprint density at radius 2 is 1.67 bits per heavy atom. The number of alkyl halides is 3. The number of fused-ring (bicyclic) bond motifs is 2. The Morgan fingerprint density at radius 1 is 0.933 bits per heavy atom. The van der Waals surface area contributed by atoms with Crippen molar-refractivity contribution in [3.63, 3.8) is 0 Å². The molecule has 1 saturated carbocycles. The third kappa shape index (κ3) is 8.57. The quantitative estimate of drug-likeness (QED) is 0.109. The first-order chi connectivity index (χ1) is 28.5. The molecule has 2 aliphatic heterocycles. The third-order valence-corrected chi connectivity index (χ3v) is 13.5. The number of para-hydroxylation sites is 1. The highest BCUT2D eigenvalue weighted by atomic mass is 32.1. The number of aryl methyl sites for hydroxylation is 1. The summed E-state index contributed by atoms with van der Waals surface area (Å²) in [6, 6.07) is 11.6. The average molecular weight is 847 g/mol. The summed E-state index contributed by atoms with van der Waals surface area (Å²) in [6.07, 6.45) is 2.11. The number of benzene rings is 2. The number of imidazole rings is 1. The molecule has 0 spiro atoms. The number of anilines is 2. The lowest BCUT2D eigenvalue weighted by Crippen LogP contribution is -2.44. The number of hydrogen-bond donors (Lipinski definition) is 4. The van der Waals surface area contributed by atoms with Crippen LogP contribution in [-0.4, -0.2) is 73.0 Å². The molecule has 0 radical (unpaired) electrons. The van der Waals surface area contributed by atoms with Crippen LogP contribution in [0.25, 0.3) is 21.3 Å². The molecule has 3 fully saturated rings. The van der Waals surface area contributed by atoms with Gasteiger partial charge in [0.1, 0.15) is 17.4 Å². The number of thiazole rings is 1. The molecule has 1 unspecified atom stereocenters. The topological polar surface area (TPSA) is 163 Å². The van der Waals surface area contributed by atoms with Gasteiger partial charge in [-0.2, -0.15) is 13.2 Å². The molecule has 5 aromatic rings. The second-order valence-corrected chi connectivity index (χ2v) is 18.1. The fourth-order valence-electron chi connectivity index (χ4n) is 9.08. The van der Waals surface area contributed by atoms with Crippen molar-refractivity contribution in [2.45, 2.75) is 89.0 Å². The van der Waals surface area contributed by atoms with Gasteiger partial charge in [0.05, 0.1) is 37.5 Å². The minimum absolute atomic E-state index is 0.194. The highest BCUT2D eigenvalue weighted by Crippen LogP contribution is 2.42. The highest BCUT2D eigenvalue weighted by molar-refractivity contribution is 7.18. The largest absolute Gasteiger partial charge is 0.433 e. The molecule has 318 valence electrons. The van der Waals surface area contributed by atoms with Crippen molar-refractivity contribution < 1.29 is 32.7 Å². The lowest BCUT2D eigenvalue weighted by Gasteiger charge is -2.36. The number of rotatable bonds is 10. The van der Waals surface area contributed by atoms with E-state index in [1.54, 1.807) is 48.9 Å². The lowest BCUT2D eigenvalue weighted by atomic mass is 9.81. The number of nitrogens with one attached hydrogen (secondary N) is 3. The van der Waals surface area contributed by atoms with E-state index in [4.69, 9.17) is 4.98 Å². The number of imide groups is 1. The van der Waals surface area contributed by atoms with Gasteiger partial charge in [-0.3, -0.25) is 28.8 Å². The molecule has 0 bridgehead atoms. The molecular weight excluding hydrogens is 798 g/mol. The number of nitrogens with zero attached hydrogens (tertiary/aromatic N) is 5. The van der Waals surface area contributed by atoms with Crippen molar-refractivity contribution in [1.82, 2.24) is 29.3 Å². The van der Waals surface area contributed by atoms with Gasteiger partial charge in [-0.05, 0) is 120 Å². The van der Waals surface area contributed by atoms with Gasteiger partial charge >= 0.3 is 11.9 Å². The summed E-state index contributed by atoms with van der Waals surface area (Å²) in [4.78, 5) is 61.9. The van der Waals surface area contributed by atoms with E-state index in [-0.39, 0.29) is 23.7 Å². The Hall–Kier alpha value is -5.13. The first kappa shape index (κ1) is 41.6. The number of aliphatic hydroxyl groups is 1. The van der Waals surface area contributed by atoms with Gasteiger partial charge in [0, 0.05) is 43.7 Å². The van der Waals surface area contributed by atoms with Gasteiger partial charge < -0.3 is 20.6 Å². The number of piperidine rings is 2. The van der Waals surface area contributed by atoms with Crippen LogP contribution in [0.4, 0.5) is 24.5 Å². The zero-order valence-corrected chi connectivity index (χ0v) is 34.6. The zero-order valence-electron chi connectivity index (χ0n) is 33.8. The summed E-state index contributed by atoms with van der Waals surface area (Å²) in [5.74, 6) is -0.218. The molecule has 2 aromatic carbocycles. The summed E-state index contributed by atoms with van der Waals surface area (Å²) in [5, 5.41) is 20.7. The van der Waals surface area contributed by atoms with Crippen LogP contribution in [0.2, 0.25) is 0 Å². The number of carbonyl (C=O) groups is 3. The Balaban J connectivity index is 0.847. The zero-order chi connectivity index (χ0) is 42.5. The average Bonchev–Trinajstić information content (AvgIpc) is 3.74. The fraction of sp³-hybridized carbons (Fsp3) is 0.488. The molecular formula is C43H49F3N8O5S. The molecule has 3 aromatic heterocycles. The molecule has 17 heteroatoms. The fourth-order valence-corrected chi connectivity index (χ4v) is 10.2. The van der Waals surface area contributed by atoms with Crippen molar-refractivity contribution >= 4 is 61.7 Å². The lowest BCUT2D eigenvalue weighted by molar-refractivity contribution is -0.141. The van der Waals surface area contributed by atoms with Gasteiger partial charge in [-0.15, -0.1) is 11.3 Å². The molecule has 3 aliphatic rings. The van der Waals surface area contributed by atoms with Gasteiger partial charge in [0.2, 0.25) is 11.8 Å². The molecule has 60 heavy (non-hydrogen) atoms. The molecule has 4 N–H and O–H groups in total. The Kier molecular flexibility index (Phi) is 11.4. The number of hydrogen-bond acceptors (Lipinski definition) is 10. The Morgan fingerprint density at radius 3 is 2.37 bits per heavy atom. The molecule has 13 nitrogen and oxygen atoms in total. The molecule has 3 amide bonds. The van der Waals surface area contributed by atoms with Crippen molar-refractivity contribution in [1.29, 1.82) is 0 Å². The van der Waals surface area contributed by atoms with Crippen LogP contribution >= 0.6 is 11.3 Å². The number of likely N-dealkylation sites (tertiary alicyclic amines) is 1. The van der Waals surface area contributed by atoms with Gasteiger partial charge in [-0.1, -0.05) is 12.1 Å². The van der Waals surface area contributed by atoms with Crippen LogP contribution in [0.5, 0.6) is 0 Å². The monoisotopic (exact) mass is 846 g/mol. The number of amides is 3. The van der Waals surface area contributed by atoms with E-state index in [1.165, 1.54) is 10.6 Å². The molecule has 2 saturated heterocycles. The maximum Gasteiger partial charge on any atom is 0.433 e. The van der Waals surface area contributed by atoms with E-state index in [1.807, 2.05) is 18.2 Å². The van der Waals surface area contributed by atoms with Gasteiger partial charge in [0.25, 0.3) is 5.91 Å². The predicted octanol–water partition coefficient (Wildman–Crippen LogP) is 6.92. The van der Waals surface area contributed by atoms with E-state index in [9.17, 15) is 37.5 Å². The number of aromatic nitrogens is 4. The highest BCUT2D eigenvalue weighted by Gasteiger charge is 2.35. The smallest absolute Gasteiger partial charge is 0.386 e. The molecule has 5 heterocycles. The van der Waals surface area contributed by atoms with E-state index >= 15 is 0 Å². The van der Waals surface area contributed by atoms with Crippen LogP contribution in [0.1, 0.15) is 104 Å². The Bertz CT molecular complexity index is 2510. The van der Waals surface area contributed by atoms with Crippen molar-refractivity contribution in [3.8, 4) is 0 Å². The molecule has 1 aliphatic carbocycles. The molecule has 1 atom stereocenters. The normalized spacial score (nSPS) is 21.1. The van der Waals surface area contributed by atoms with Crippen LogP contribution in [0, 0.1) is 11.8 Å². The standard InChI is InChI=1S/C43H49F3N8O5S/c1-42(2,59)27-20-31-34(21-30(27)49-38(56)29-7-5-9-35(48-29)43(44,45)46)60-40(50-31)26-12-10-25(11-13-26)23-53-18-16-24(17-19-53)22-47-28-6-4-8-32-37(28)52(3)41(58)54(32)33-14-15-36(55)51-39(33)57/h4-9,20-21,24-26,33,47,59H,10-19,22-23H2,1-3H3,(H,49,56)(H,51,55,57). The first-order valence-corrected chi connectivity index (χ1v) is 21.4. The second kappa shape index (κ2) is 16.4. The SMILES string of the molecule is Cn1c(=O)n(C2CCC(=O)NC2=O)c2cccc(NCC3CCN(CC4CCC(c5nc6cc(C(C)(C)O)c(NC(=O)c7cccc(C(F)(F)F)n7)cc6s5)CC4)CC3)c21. The summed E-state index contributed by atoms with van der Waals surface area (Å²) in [7, 11) is 1.71. The van der Waals surface area contributed by atoms with Crippen LogP contribution in [0.15, 0.2) is 53.3 Å². The van der Waals surface area contributed by atoms with Gasteiger partial charge in [0.15, 0.2) is 0 Å².